The highest BCUT2D eigenvalue weighted by molar-refractivity contribution is 6.00. The number of fused-ring (bicyclic) bond motifs is 1. The van der Waals surface area contributed by atoms with E-state index in [9.17, 15) is 24.3 Å². The Morgan fingerprint density at radius 2 is 2.02 bits per heavy atom. The lowest BCUT2D eigenvalue weighted by molar-refractivity contribution is -0.168. The minimum Gasteiger partial charge on any atom is -0.443 e. The molecule has 0 radical (unpaired) electrons. The number of hydrogen-bond donors (Lipinski definition) is 4. The summed E-state index contributed by atoms with van der Waals surface area (Å²) in [6, 6.07) is 4.05. The molecule has 5 rings (SSSR count). The number of ether oxygens (including phenoxy) is 1. The van der Waals surface area contributed by atoms with Crippen LogP contribution in [0.4, 0.5) is 4.79 Å². The van der Waals surface area contributed by atoms with E-state index in [-0.39, 0.29) is 30.8 Å². The van der Waals surface area contributed by atoms with E-state index in [4.69, 9.17) is 4.74 Å². The molecule has 218 valence electrons. The predicted octanol–water partition coefficient (Wildman–Crippen LogP) is 2.10. The van der Waals surface area contributed by atoms with E-state index in [1.165, 1.54) is 0 Å². The first-order valence-electron chi connectivity index (χ1n) is 14.0. The summed E-state index contributed by atoms with van der Waals surface area (Å²) in [5.74, 6) is -1.36. The Balaban J connectivity index is 1.17. The first-order chi connectivity index (χ1) is 19.6. The summed E-state index contributed by atoms with van der Waals surface area (Å²) in [4.78, 5) is 53.2. The van der Waals surface area contributed by atoms with Crippen LogP contribution in [0, 0.1) is 5.41 Å². The topological polar surface area (TPSA) is 140 Å². The third kappa shape index (κ3) is 6.58. The van der Waals surface area contributed by atoms with Gasteiger partial charge in [-0.25, -0.2) is 9.69 Å². The minimum atomic E-state index is -1.02. The molecule has 3 aliphatic heterocycles. The van der Waals surface area contributed by atoms with E-state index in [2.05, 4.69) is 35.9 Å². The van der Waals surface area contributed by atoms with Crippen LogP contribution in [0.1, 0.15) is 62.4 Å². The number of hydrogen-bond acceptors (Lipinski definition) is 8. The molecule has 2 saturated heterocycles. The number of carbonyl (C=O) groups excluding carboxylic acids is 4. The minimum absolute atomic E-state index is 0.0884. The normalized spacial score (nSPS) is 25.5. The SMILES string of the molecule is CC1(C)C=CC=C(NC(=O)NCc2ccc3c(c2)CN(C2CCC(=O)N(COC(=O)C4CCCN4)C2=O)C3O)C=C1. The highest BCUT2D eigenvalue weighted by Gasteiger charge is 2.43. The molecule has 11 nitrogen and oxygen atoms in total. The number of esters is 1. The maximum atomic E-state index is 13.3. The molecule has 1 aromatic carbocycles. The van der Waals surface area contributed by atoms with Crippen LogP contribution in [0.15, 0.2) is 54.3 Å². The quantitative estimate of drug-likeness (QED) is 0.292. The zero-order valence-electron chi connectivity index (χ0n) is 23.4. The molecule has 41 heavy (non-hydrogen) atoms. The average molecular weight is 564 g/mol. The summed E-state index contributed by atoms with van der Waals surface area (Å²) in [7, 11) is 0. The number of allylic oxidation sites excluding steroid dienone is 5. The summed E-state index contributed by atoms with van der Waals surface area (Å²) < 4.78 is 5.28. The van der Waals surface area contributed by atoms with Crippen molar-refractivity contribution in [3.8, 4) is 0 Å². The lowest BCUT2D eigenvalue weighted by atomic mass is 9.93. The van der Waals surface area contributed by atoms with Gasteiger partial charge in [-0.15, -0.1) is 0 Å². The number of piperidine rings is 1. The number of likely N-dealkylation sites (tertiary alicyclic amines) is 1. The Labute approximate surface area is 239 Å². The van der Waals surface area contributed by atoms with Crippen LogP contribution in [0.2, 0.25) is 0 Å². The van der Waals surface area contributed by atoms with Crippen LogP contribution >= 0.6 is 0 Å². The molecule has 11 heteroatoms. The molecule has 4 amide bonds. The average Bonchev–Trinajstić information content (AvgIpc) is 3.55. The largest absolute Gasteiger partial charge is 0.443 e. The van der Waals surface area contributed by atoms with Gasteiger partial charge >= 0.3 is 12.0 Å². The number of nitrogens with one attached hydrogen (secondary N) is 3. The summed E-state index contributed by atoms with van der Waals surface area (Å²) in [5, 5.41) is 19.8. The molecular formula is C30H37N5O6. The van der Waals surface area contributed by atoms with E-state index in [1.54, 1.807) is 11.0 Å². The summed E-state index contributed by atoms with van der Waals surface area (Å²) >= 11 is 0. The smallest absolute Gasteiger partial charge is 0.324 e. The molecule has 4 aliphatic rings. The first-order valence-corrected chi connectivity index (χ1v) is 14.0. The fraction of sp³-hybridized carbons (Fsp3) is 0.467. The Bertz CT molecular complexity index is 1310. The molecule has 1 aliphatic carbocycles. The molecule has 0 saturated carbocycles. The Hall–Kier alpha value is -3.80. The van der Waals surface area contributed by atoms with E-state index in [0.717, 1.165) is 29.0 Å². The van der Waals surface area contributed by atoms with E-state index < -0.39 is 42.8 Å². The number of urea groups is 1. The van der Waals surface area contributed by atoms with Crippen molar-refractivity contribution in [2.75, 3.05) is 13.3 Å². The molecule has 0 spiro atoms. The van der Waals surface area contributed by atoms with Gasteiger partial charge in [-0.05, 0) is 54.6 Å². The highest BCUT2D eigenvalue weighted by Crippen LogP contribution is 2.36. The molecule has 3 unspecified atom stereocenters. The van der Waals surface area contributed by atoms with Crippen molar-refractivity contribution in [1.29, 1.82) is 0 Å². The fourth-order valence-corrected chi connectivity index (χ4v) is 5.54. The van der Waals surface area contributed by atoms with Crippen LogP contribution in [0.3, 0.4) is 0 Å². The number of imide groups is 1. The van der Waals surface area contributed by atoms with Gasteiger partial charge in [-0.1, -0.05) is 50.3 Å². The Morgan fingerprint density at radius 3 is 2.80 bits per heavy atom. The summed E-state index contributed by atoms with van der Waals surface area (Å²) in [6.45, 7) is 5.04. The number of aliphatic hydroxyl groups excluding tert-OH is 1. The van der Waals surface area contributed by atoms with Crippen molar-refractivity contribution in [3.63, 3.8) is 0 Å². The van der Waals surface area contributed by atoms with Gasteiger partial charge in [-0.3, -0.25) is 19.3 Å². The second-order valence-corrected chi connectivity index (χ2v) is 11.5. The molecule has 0 bridgehead atoms. The van der Waals surface area contributed by atoms with E-state index in [1.807, 2.05) is 36.4 Å². The van der Waals surface area contributed by atoms with Crippen molar-refractivity contribution >= 4 is 23.8 Å². The lowest BCUT2D eigenvalue weighted by Gasteiger charge is -2.36. The number of nitrogens with zero attached hydrogens (tertiary/aromatic N) is 2. The van der Waals surface area contributed by atoms with Gasteiger partial charge in [0.05, 0.1) is 6.04 Å². The number of benzene rings is 1. The first kappa shape index (κ1) is 28.7. The summed E-state index contributed by atoms with van der Waals surface area (Å²) in [5.41, 5.74) is 2.96. The Morgan fingerprint density at radius 1 is 1.20 bits per heavy atom. The van der Waals surface area contributed by atoms with E-state index >= 15 is 0 Å². The number of aliphatic hydroxyl groups is 1. The predicted molar refractivity (Wildman–Crippen MR) is 149 cm³/mol. The van der Waals surface area contributed by atoms with Crippen molar-refractivity contribution < 1.29 is 29.0 Å². The third-order valence-electron chi connectivity index (χ3n) is 7.92. The van der Waals surface area contributed by atoms with Gasteiger partial charge in [0.25, 0.3) is 0 Å². The van der Waals surface area contributed by atoms with Crippen LogP contribution in [-0.2, 0) is 32.2 Å². The molecular weight excluding hydrogens is 526 g/mol. The van der Waals surface area contributed by atoms with Crippen LogP contribution in [0.25, 0.3) is 0 Å². The van der Waals surface area contributed by atoms with Gasteiger partial charge < -0.3 is 25.8 Å². The standard InChI is InChI=1S/C30H37N5O6/c1-30(2)12-3-5-21(11-13-30)33-29(40)32-16-19-7-8-22-20(15-19)17-34(26(22)37)24-9-10-25(36)35(27(24)38)18-41-28(39)23-6-4-14-31-23/h3,5,7-8,11-13,15,23-24,26,31,37H,4,6,9-10,14,16-18H2,1-2H3,(H2,32,33,40). The van der Waals surface area contributed by atoms with Gasteiger partial charge in [0, 0.05) is 30.6 Å². The van der Waals surface area contributed by atoms with Gasteiger partial charge in [0.2, 0.25) is 11.8 Å². The van der Waals surface area contributed by atoms with Crippen molar-refractivity contribution in [2.45, 2.75) is 70.9 Å². The molecule has 3 atom stereocenters. The van der Waals surface area contributed by atoms with Gasteiger partial charge in [0.15, 0.2) is 6.73 Å². The van der Waals surface area contributed by atoms with Gasteiger partial charge in [-0.2, -0.15) is 0 Å². The Kier molecular flexibility index (Phi) is 8.39. The molecule has 4 N–H and O–H groups in total. The zero-order valence-corrected chi connectivity index (χ0v) is 23.4. The number of rotatable bonds is 7. The molecule has 3 heterocycles. The maximum Gasteiger partial charge on any atom is 0.324 e. The monoisotopic (exact) mass is 563 g/mol. The highest BCUT2D eigenvalue weighted by atomic mass is 16.5. The zero-order chi connectivity index (χ0) is 29.1. The lowest BCUT2D eigenvalue weighted by Crippen LogP contribution is -2.55. The van der Waals surface area contributed by atoms with E-state index in [0.29, 0.717) is 24.2 Å². The van der Waals surface area contributed by atoms with Crippen LogP contribution in [-0.4, -0.2) is 64.1 Å². The molecule has 0 aromatic heterocycles. The molecule has 2 fully saturated rings. The second kappa shape index (κ2) is 12.0. The third-order valence-corrected chi connectivity index (χ3v) is 7.92. The van der Waals surface area contributed by atoms with Crippen molar-refractivity contribution in [1.82, 2.24) is 25.8 Å². The maximum absolute atomic E-state index is 13.3. The molecule has 1 aromatic rings. The van der Waals surface area contributed by atoms with Crippen molar-refractivity contribution in [2.24, 2.45) is 5.41 Å². The number of carbonyl (C=O) groups is 4. The van der Waals surface area contributed by atoms with Crippen LogP contribution in [0.5, 0.6) is 0 Å². The number of amides is 4. The summed E-state index contributed by atoms with van der Waals surface area (Å²) in [6.07, 6.45) is 10.6. The van der Waals surface area contributed by atoms with Gasteiger partial charge in [0.1, 0.15) is 12.3 Å². The fourth-order valence-electron chi connectivity index (χ4n) is 5.54. The van der Waals surface area contributed by atoms with Crippen LogP contribution < -0.4 is 16.0 Å². The second-order valence-electron chi connectivity index (χ2n) is 11.5. The van der Waals surface area contributed by atoms with Crippen molar-refractivity contribution in [3.05, 3.63) is 71.0 Å².